The lowest BCUT2D eigenvalue weighted by atomic mass is 9.84. The van der Waals surface area contributed by atoms with Crippen molar-refractivity contribution in [2.45, 2.75) is 32.6 Å². The predicted molar refractivity (Wildman–Crippen MR) is 70.8 cm³/mol. The van der Waals surface area contributed by atoms with Crippen LogP contribution in [0.4, 0.5) is 0 Å². The summed E-state index contributed by atoms with van der Waals surface area (Å²) in [7, 11) is 0. The molecule has 0 aromatic heterocycles. The van der Waals surface area contributed by atoms with E-state index in [1.807, 2.05) is 0 Å². The Morgan fingerprint density at radius 3 is 2.31 bits per heavy atom. The third-order valence-corrected chi connectivity index (χ3v) is 3.03. The Bertz CT molecular complexity index is 301. The van der Waals surface area contributed by atoms with Gasteiger partial charge in [0.15, 0.2) is 0 Å². The highest BCUT2D eigenvalue weighted by atomic mass is 14.9. The molecule has 0 aliphatic heterocycles. The SMILES string of the molecule is CCc1ccc(C(C)(C)CNCCN)cc1. The van der Waals surface area contributed by atoms with Crippen molar-refractivity contribution in [2.24, 2.45) is 5.73 Å². The lowest BCUT2D eigenvalue weighted by Crippen LogP contribution is -2.35. The fourth-order valence-corrected chi connectivity index (χ4v) is 1.80. The van der Waals surface area contributed by atoms with Gasteiger partial charge in [0.1, 0.15) is 0 Å². The molecule has 3 N–H and O–H groups in total. The average Bonchev–Trinajstić information content (AvgIpc) is 2.29. The fraction of sp³-hybridized carbons (Fsp3) is 0.571. The quantitative estimate of drug-likeness (QED) is 0.720. The van der Waals surface area contributed by atoms with E-state index in [0.717, 1.165) is 19.5 Å². The second-order valence-electron chi connectivity index (χ2n) is 4.90. The van der Waals surface area contributed by atoms with Gasteiger partial charge in [0.2, 0.25) is 0 Å². The van der Waals surface area contributed by atoms with Crippen LogP contribution in [0.3, 0.4) is 0 Å². The Kier molecular flexibility index (Phi) is 4.97. The molecule has 1 aromatic carbocycles. The average molecular weight is 220 g/mol. The Morgan fingerprint density at radius 2 is 1.81 bits per heavy atom. The molecule has 0 aliphatic carbocycles. The molecule has 0 radical (unpaired) electrons. The Hall–Kier alpha value is -0.860. The van der Waals surface area contributed by atoms with Gasteiger partial charge in [0, 0.05) is 25.0 Å². The van der Waals surface area contributed by atoms with Gasteiger partial charge >= 0.3 is 0 Å². The fourth-order valence-electron chi connectivity index (χ4n) is 1.80. The van der Waals surface area contributed by atoms with Crippen molar-refractivity contribution in [2.75, 3.05) is 19.6 Å². The predicted octanol–water partition coefficient (Wildman–Crippen LogP) is 2.07. The first-order valence-corrected chi connectivity index (χ1v) is 6.10. The van der Waals surface area contributed by atoms with Crippen LogP contribution < -0.4 is 11.1 Å². The molecule has 0 aliphatic rings. The number of rotatable bonds is 6. The molecule has 0 bridgehead atoms. The maximum Gasteiger partial charge on any atom is 0.00748 e. The summed E-state index contributed by atoms with van der Waals surface area (Å²) in [5.74, 6) is 0. The normalized spacial score (nSPS) is 11.8. The molecule has 0 heterocycles. The van der Waals surface area contributed by atoms with Crippen LogP contribution in [-0.4, -0.2) is 19.6 Å². The van der Waals surface area contributed by atoms with E-state index in [4.69, 9.17) is 5.73 Å². The van der Waals surface area contributed by atoms with Crippen molar-refractivity contribution < 1.29 is 0 Å². The van der Waals surface area contributed by atoms with Crippen LogP contribution in [0.1, 0.15) is 31.9 Å². The summed E-state index contributed by atoms with van der Waals surface area (Å²) in [5, 5.41) is 3.38. The lowest BCUT2D eigenvalue weighted by Gasteiger charge is -2.26. The van der Waals surface area contributed by atoms with Gasteiger partial charge in [-0.1, -0.05) is 45.0 Å². The number of hydrogen-bond donors (Lipinski definition) is 2. The van der Waals surface area contributed by atoms with E-state index in [9.17, 15) is 0 Å². The summed E-state index contributed by atoms with van der Waals surface area (Å²) in [5.41, 5.74) is 8.42. The maximum atomic E-state index is 5.47. The molecule has 0 spiro atoms. The lowest BCUT2D eigenvalue weighted by molar-refractivity contribution is 0.473. The number of nitrogens with one attached hydrogen (secondary N) is 1. The first-order chi connectivity index (χ1) is 7.60. The third kappa shape index (κ3) is 3.62. The van der Waals surface area contributed by atoms with Crippen LogP contribution in [0.15, 0.2) is 24.3 Å². The van der Waals surface area contributed by atoms with Crippen molar-refractivity contribution in [1.29, 1.82) is 0 Å². The van der Waals surface area contributed by atoms with Crippen LogP contribution in [-0.2, 0) is 11.8 Å². The van der Waals surface area contributed by atoms with E-state index in [1.54, 1.807) is 0 Å². The van der Waals surface area contributed by atoms with Crippen LogP contribution in [0.5, 0.6) is 0 Å². The van der Waals surface area contributed by atoms with Crippen LogP contribution in [0, 0.1) is 0 Å². The molecule has 0 saturated heterocycles. The van der Waals surface area contributed by atoms with Crippen LogP contribution in [0.2, 0.25) is 0 Å². The van der Waals surface area contributed by atoms with Crippen LogP contribution >= 0.6 is 0 Å². The monoisotopic (exact) mass is 220 g/mol. The van der Waals surface area contributed by atoms with E-state index >= 15 is 0 Å². The maximum absolute atomic E-state index is 5.47. The van der Waals surface area contributed by atoms with Crippen molar-refractivity contribution in [3.05, 3.63) is 35.4 Å². The van der Waals surface area contributed by atoms with Crippen molar-refractivity contribution in [3.8, 4) is 0 Å². The molecular weight excluding hydrogens is 196 g/mol. The number of hydrogen-bond acceptors (Lipinski definition) is 2. The molecule has 0 fully saturated rings. The molecule has 90 valence electrons. The molecule has 0 saturated carbocycles. The topological polar surface area (TPSA) is 38.0 Å². The molecule has 16 heavy (non-hydrogen) atoms. The van der Waals surface area contributed by atoms with E-state index in [1.165, 1.54) is 11.1 Å². The van der Waals surface area contributed by atoms with E-state index in [2.05, 4.69) is 50.4 Å². The molecular formula is C14H24N2. The van der Waals surface area contributed by atoms with Crippen molar-refractivity contribution >= 4 is 0 Å². The van der Waals surface area contributed by atoms with Gasteiger partial charge in [0.05, 0.1) is 0 Å². The first-order valence-electron chi connectivity index (χ1n) is 6.10. The molecule has 0 atom stereocenters. The minimum absolute atomic E-state index is 0.168. The Morgan fingerprint density at radius 1 is 1.19 bits per heavy atom. The zero-order valence-corrected chi connectivity index (χ0v) is 10.7. The van der Waals surface area contributed by atoms with Crippen molar-refractivity contribution in [1.82, 2.24) is 5.32 Å². The zero-order valence-electron chi connectivity index (χ0n) is 10.7. The summed E-state index contributed by atoms with van der Waals surface area (Å²) in [6.07, 6.45) is 1.10. The Balaban J connectivity index is 2.65. The summed E-state index contributed by atoms with van der Waals surface area (Å²) in [6.45, 7) is 9.26. The smallest absolute Gasteiger partial charge is 0.00748 e. The highest BCUT2D eigenvalue weighted by molar-refractivity contribution is 5.28. The van der Waals surface area contributed by atoms with Gasteiger partial charge in [-0.05, 0) is 17.5 Å². The second kappa shape index (κ2) is 6.02. The van der Waals surface area contributed by atoms with Gasteiger partial charge in [-0.25, -0.2) is 0 Å². The standard InChI is InChI=1S/C14H24N2/c1-4-12-5-7-13(8-6-12)14(2,3)11-16-10-9-15/h5-8,16H,4,9-11,15H2,1-3H3. The molecule has 2 nitrogen and oxygen atoms in total. The highest BCUT2D eigenvalue weighted by Crippen LogP contribution is 2.22. The van der Waals surface area contributed by atoms with Gasteiger partial charge in [-0.3, -0.25) is 0 Å². The highest BCUT2D eigenvalue weighted by Gasteiger charge is 2.19. The summed E-state index contributed by atoms with van der Waals surface area (Å²) in [6, 6.07) is 8.92. The molecule has 1 aromatic rings. The van der Waals surface area contributed by atoms with Crippen molar-refractivity contribution in [3.63, 3.8) is 0 Å². The minimum Gasteiger partial charge on any atom is -0.329 e. The molecule has 2 heteroatoms. The van der Waals surface area contributed by atoms with Crippen LogP contribution in [0.25, 0.3) is 0 Å². The van der Waals surface area contributed by atoms with Gasteiger partial charge in [-0.15, -0.1) is 0 Å². The van der Waals surface area contributed by atoms with E-state index < -0.39 is 0 Å². The zero-order chi connectivity index (χ0) is 12.0. The second-order valence-corrected chi connectivity index (χ2v) is 4.90. The van der Waals surface area contributed by atoms with E-state index in [0.29, 0.717) is 6.54 Å². The number of nitrogens with two attached hydrogens (primary N) is 1. The molecule has 0 amide bonds. The third-order valence-electron chi connectivity index (χ3n) is 3.03. The number of benzene rings is 1. The summed E-state index contributed by atoms with van der Waals surface area (Å²) >= 11 is 0. The Labute approximate surface area is 99.2 Å². The number of aryl methyl sites for hydroxylation is 1. The van der Waals surface area contributed by atoms with E-state index in [-0.39, 0.29) is 5.41 Å². The largest absolute Gasteiger partial charge is 0.329 e. The summed E-state index contributed by atoms with van der Waals surface area (Å²) in [4.78, 5) is 0. The first kappa shape index (κ1) is 13.2. The molecule has 1 rings (SSSR count). The van der Waals surface area contributed by atoms with Gasteiger partial charge in [-0.2, -0.15) is 0 Å². The molecule has 0 unspecified atom stereocenters. The minimum atomic E-state index is 0.168. The van der Waals surface area contributed by atoms with Gasteiger partial charge in [0.25, 0.3) is 0 Å². The summed E-state index contributed by atoms with van der Waals surface area (Å²) < 4.78 is 0. The van der Waals surface area contributed by atoms with Gasteiger partial charge < -0.3 is 11.1 Å².